The summed E-state index contributed by atoms with van der Waals surface area (Å²) in [5, 5.41) is 14.0. The van der Waals surface area contributed by atoms with Crippen molar-refractivity contribution in [1.82, 2.24) is 15.0 Å². The van der Waals surface area contributed by atoms with Crippen molar-refractivity contribution in [3.63, 3.8) is 0 Å². The molecule has 0 aliphatic carbocycles. The first-order chi connectivity index (χ1) is 9.15. The Kier molecular flexibility index (Phi) is 2.94. The molecule has 3 heterocycles. The first-order valence-corrected chi connectivity index (χ1v) is 6.34. The Balaban J connectivity index is 1.87. The van der Waals surface area contributed by atoms with E-state index in [0.717, 1.165) is 11.1 Å². The van der Waals surface area contributed by atoms with Crippen LogP contribution >= 0.6 is 0 Å². The molecule has 19 heavy (non-hydrogen) atoms. The van der Waals surface area contributed by atoms with Crippen molar-refractivity contribution in [1.29, 1.82) is 0 Å². The molecule has 3 rings (SSSR count). The van der Waals surface area contributed by atoms with E-state index in [4.69, 9.17) is 4.52 Å². The quantitative estimate of drug-likeness (QED) is 0.832. The maximum Gasteiger partial charge on any atom is 0.257 e. The molecule has 6 nitrogen and oxygen atoms in total. The predicted octanol–water partition coefficient (Wildman–Crippen LogP) is 1.13. The summed E-state index contributed by atoms with van der Waals surface area (Å²) in [6, 6.07) is 1.77. The van der Waals surface area contributed by atoms with E-state index in [-0.39, 0.29) is 12.0 Å². The molecule has 1 saturated heterocycles. The van der Waals surface area contributed by atoms with Gasteiger partial charge in [-0.2, -0.15) is 0 Å². The zero-order chi connectivity index (χ0) is 13.4. The fraction of sp³-hybridized carbons (Fsp3) is 0.462. The molecule has 0 radical (unpaired) electrons. The van der Waals surface area contributed by atoms with Gasteiger partial charge in [-0.05, 0) is 25.8 Å². The molecular weight excluding hydrogens is 246 g/mol. The van der Waals surface area contributed by atoms with Crippen molar-refractivity contribution < 1.29 is 14.4 Å². The highest BCUT2D eigenvalue weighted by molar-refractivity contribution is 5.97. The van der Waals surface area contributed by atoms with Gasteiger partial charge < -0.3 is 14.5 Å². The zero-order valence-corrected chi connectivity index (χ0v) is 10.7. The van der Waals surface area contributed by atoms with Crippen LogP contribution in [0, 0.1) is 6.92 Å². The van der Waals surface area contributed by atoms with Gasteiger partial charge in [-0.15, -0.1) is 0 Å². The lowest BCUT2D eigenvalue weighted by molar-refractivity contribution is 0.0546. The van der Waals surface area contributed by atoms with Crippen LogP contribution in [0.5, 0.6) is 0 Å². The van der Waals surface area contributed by atoms with Gasteiger partial charge in [0.1, 0.15) is 0 Å². The molecule has 0 unspecified atom stereocenters. The molecule has 1 aliphatic heterocycles. The Labute approximate surface area is 110 Å². The minimum Gasteiger partial charge on any atom is -0.393 e. The maximum atomic E-state index is 12.3. The lowest BCUT2D eigenvalue weighted by atomic mass is 10.1. The molecule has 2 aromatic heterocycles. The summed E-state index contributed by atoms with van der Waals surface area (Å²) in [6.45, 7) is 2.99. The lowest BCUT2D eigenvalue weighted by Gasteiger charge is -2.29. The van der Waals surface area contributed by atoms with Crippen LogP contribution in [0.4, 0.5) is 0 Å². The van der Waals surface area contributed by atoms with Gasteiger partial charge in [0.15, 0.2) is 0 Å². The molecule has 0 aromatic carbocycles. The Hall–Kier alpha value is -1.95. The molecular formula is C13H15N3O3. The van der Waals surface area contributed by atoms with Gasteiger partial charge >= 0.3 is 0 Å². The topological polar surface area (TPSA) is 79.5 Å². The number of carbonyl (C=O) groups excluding carboxylic acids is 1. The summed E-state index contributed by atoms with van der Waals surface area (Å²) < 4.78 is 5.02. The Morgan fingerprint density at radius 1 is 1.47 bits per heavy atom. The fourth-order valence-electron chi connectivity index (χ4n) is 2.31. The predicted molar refractivity (Wildman–Crippen MR) is 67.7 cm³/mol. The standard InChI is InChI=1S/C13H15N3O3/c1-8-11-6-9(7-14-12(11)19-15-8)13(18)16-4-2-10(17)3-5-16/h6-7,10,17H,2-5H2,1H3. The van der Waals surface area contributed by atoms with Gasteiger partial charge in [-0.1, -0.05) is 5.16 Å². The number of hydrogen-bond acceptors (Lipinski definition) is 5. The number of likely N-dealkylation sites (tertiary alicyclic amines) is 1. The molecule has 2 aromatic rings. The summed E-state index contributed by atoms with van der Waals surface area (Å²) in [4.78, 5) is 18.2. The molecule has 1 N–H and O–H groups in total. The van der Waals surface area contributed by atoms with Gasteiger partial charge in [0.05, 0.1) is 22.7 Å². The minimum absolute atomic E-state index is 0.0538. The van der Waals surface area contributed by atoms with E-state index in [1.165, 1.54) is 6.20 Å². The van der Waals surface area contributed by atoms with E-state index >= 15 is 0 Å². The number of aliphatic hydroxyl groups excluding tert-OH is 1. The van der Waals surface area contributed by atoms with Crippen molar-refractivity contribution in [2.45, 2.75) is 25.9 Å². The number of aliphatic hydroxyl groups is 1. The third-order valence-electron chi connectivity index (χ3n) is 3.51. The summed E-state index contributed by atoms with van der Waals surface area (Å²) in [7, 11) is 0. The molecule has 1 aliphatic rings. The van der Waals surface area contributed by atoms with Crippen molar-refractivity contribution >= 4 is 17.0 Å². The highest BCUT2D eigenvalue weighted by Gasteiger charge is 2.23. The van der Waals surface area contributed by atoms with Gasteiger partial charge in [-0.3, -0.25) is 4.79 Å². The summed E-state index contributed by atoms with van der Waals surface area (Å²) >= 11 is 0. The number of fused-ring (bicyclic) bond motifs is 1. The average molecular weight is 261 g/mol. The van der Waals surface area contributed by atoms with Gasteiger partial charge in [0, 0.05) is 19.3 Å². The SMILES string of the molecule is Cc1noc2ncc(C(=O)N3CCC(O)CC3)cc12. The number of amides is 1. The Morgan fingerprint density at radius 3 is 2.95 bits per heavy atom. The smallest absolute Gasteiger partial charge is 0.257 e. The van der Waals surface area contributed by atoms with Crippen LogP contribution in [-0.4, -0.2) is 45.2 Å². The third-order valence-corrected chi connectivity index (χ3v) is 3.51. The van der Waals surface area contributed by atoms with Crippen molar-refractivity contribution in [3.05, 3.63) is 23.5 Å². The lowest BCUT2D eigenvalue weighted by Crippen LogP contribution is -2.40. The molecule has 0 saturated carbocycles. The van der Waals surface area contributed by atoms with Gasteiger partial charge in [0.2, 0.25) is 0 Å². The minimum atomic E-state index is -0.287. The van der Waals surface area contributed by atoms with Crippen LogP contribution in [0.25, 0.3) is 11.1 Å². The number of hydrogen-bond donors (Lipinski definition) is 1. The second kappa shape index (κ2) is 4.62. The highest BCUT2D eigenvalue weighted by Crippen LogP contribution is 2.19. The molecule has 6 heteroatoms. The van der Waals surface area contributed by atoms with Crippen molar-refractivity contribution in [3.8, 4) is 0 Å². The number of carbonyl (C=O) groups is 1. The molecule has 1 fully saturated rings. The molecule has 100 valence electrons. The van der Waals surface area contributed by atoms with E-state index in [1.54, 1.807) is 11.0 Å². The molecule has 0 atom stereocenters. The Bertz CT molecular complexity index is 615. The van der Waals surface area contributed by atoms with Gasteiger partial charge in [-0.25, -0.2) is 4.98 Å². The first kappa shape index (κ1) is 12.1. The number of pyridine rings is 1. The van der Waals surface area contributed by atoms with Crippen LogP contribution < -0.4 is 0 Å². The average Bonchev–Trinajstić information content (AvgIpc) is 2.80. The normalized spacial score (nSPS) is 17.1. The number of nitrogens with zero attached hydrogens (tertiary/aromatic N) is 3. The zero-order valence-electron chi connectivity index (χ0n) is 10.7. The van der Waals surface area contributed by atoms with Crippen LogP contribution in [0.3, 0.4) is 0 Å². The van der Waals surface area contributed by atoms with E-state index in [2.05, 4.69) is 10.1 Å². The van der Waals surface area contributed by atoms with Crippen LogP contribution in [-0.2, 0) is 0 Å². The van der Waals surface area contributed by atoms with E-state index in [0.29, 0.717) is 37.2 Å². The maximum absolute atomic E-state index is 12.3. The summed E-state index contributed by atoms with van der Waals surface area (Å²) in [5.74, 6) is -0.0538. The van der Waals surface area contributed by atoms with Crippen molar-refractivity contribution in [2.24, 2.45) is 0 Å². The third kappa shape index (κ3) is 2.19. The Morgan fingerprint density at radius 2 is 2.21 bits per heavy atom. The first-order valence-electron chi connectivity index (χ1n) is 6.34. The summed E-state index contributed by atoms with van der Waals surface area (Å²) in [6.07, 6.45) is 2.49. The summed E-state index contributed by atoms with van der Waals surface area (Å²) in [5.41, 5.74) is 1.71. The van der Waals surface area contributed by atoms with Crippen LogP contribution in [0.15, 0.2) is 16.8 Å². The molecule has 1 amide bonds. The van der Waals surface area contributed by atoms with Crippen LogP contribution in [0.2, 0.25) is 0 Å². The van der Waals surface area contributed by atoms with Gasteiger partial charge in [0.25, 0.3) is 11.6 Å². The highest BCUT2D eigenvalue weighted by atomic mass is 16.5. The largest absolute Gasteiger partial charge is 0.393 e. The number of piperidine rings is 1. The fourth-order valence-corrected chi connectivity index (χ4v) is 2.31. The van der Waals surface area contributed by atoms with Crippen molar-refractivity contribution in [2.75, 3.05) is 13.1 Å². The monoisotopic (exact) mass is 261 g/mol. The van der Waals surface area contributed by atoms with E-state index in [9.17, 15) is 9.90 Å². The second-order valence-corrected chi connectivity index (χ2v) is 4.87. The van der Waals surface area contributed by atoms with E-state index in [1.807, 2.05) is 6.92 Å². The molecule has 0 bridgehead atoms. The molecule has 0 spiro atoms. The number of aryl methyl sites for hydroxylation is 1. The second-order valence-electron chi connectivity index (χ2n) is 4.87. The number of aromatic nitrogens is 2. The number of rotatable bonds is 1. The van der Waals surface area contributed by atoms with E-state index < -0.39 is 0 Å². The van der Waals surface area contributed by atoms with Crippen LogP contribution in [0.1, 0.15) is 28.9 Å².